The highest BCUT2D eigenvalue weighted by molar-refractivity contribution is 8.00. The van der Waals surface area contributed by atoms with Crippen molar-refractivity contribution in [2.24, 2.45) is 0 Å². The van der Waals surface area contributed by atoms with Crippen molar-refractivity contribution < 1.29 is 17.6 Å². The molecule has 1 aliphatic rings. The van der Waals surface area contributed by atoms with Crippen LogP contribution in [0.3, 0.4) is 0 Å². The van der Waals surface area contributed by atoms with E-state index >= 15 is 0 Å². The zero-order chi connectivity index (χ0) is 28.6. The molecular weight excluding hydrogens is 528 g/mol. The Kier molecular flexibility index (Phi) is 10.5. The van der Waals surface area contributed by atoms with Crippen molar-refractivity contribution in [3.63, 3.8) is 0 Å². The molecule has 0 saturated carbocycles. The van der Waals surface area contributed by atoms with Crippen molar-refractivity contribution in [3.8, 4) is 11.8 Å². The smallest absolute Gasteiger partial charge is 0.388 e. The number of nitrogens with zero attached hydrogens (tertiary/aromatic N) is 3. The first-order chi connectivity index (χ1) is 18.6. The number of aromatic nitrogens is 2. The summed E-state index contributed by atoms with van der Waals surface area (Å²) >= 11 is -0.266. The molecule has 0 spiro atoms. The number of pyridine rings is 1. The number of rotatable bonds is 7. The van der Waals surface area contributed by atoms with Crippen molar-refractivity contribution in [1.29, 1.82) is 0 Å². The standard InChI is InChI=1S/C26H28F4N6S.C2H6/c1-17(31-2)18-7-4-8-19(15-18)32-12-5-9-23-25(37-26(28,29)30)36-13-6-10-22(24(36)34-23)33-21-11-14-35(3)16-20(21)27;1-2/h4,6-8,10,13,15,20-21,31-33H,1,11-12,14,16H2,2-3H3;1-2H3. The highest BCUT2D eigenvalue weighted by Gasteiger charge is 2.33. The second-order valence-electron chi connectivity index (χ2n) is 8.71. The lowest BCUT2D eigenvalue weighted by molar-refractivity contribution is -0.0329. The molecule has 1 aromatic carbocycles. The number of likely N-dealkylation sites (tertiary alicyclic amines) is 1. The molecule has 2 atom stereocenters. The topological polar surface area (TPSA) is 56.6 Å². The van der Waals surface area contributed by atoms with E-state index in [2.05, 4.69) is 39.4 Å². The lowest BCUT2D eigenvalue weighted by Gasteiger charge is -2.33. The fourth-order valence-electron chi connectivity index (χ4n) is 4.10. The van der Waals surface area contributed by atoms with E-state index in [0.717, 1.165) is 23.5 Å². The van der Waals surface area contributed by atoms with E-state index in [4.69, 9.17) is 0 Å². The van der Waals surface area contributed by atoms with Gasteiger partial charge in [-0.1, -0.05) is 38.5 Å². The summed E-state index contributed by atoms with van der Waals surface area (Å²) in [6, 6.07) is 10.4. The summed E-state index contributed by atoms with van der Waals surface area (Å²) in [4.78, 5) is 6.33. The van der Waals surface area contributed by atoms with Crippen LogP contribution in [0.4, 0.5) is 28.9 Å². The molecule has 1 fully saturated rings. The van der Waals surface area contributed by atoms with E-state index in [0.29, 0.717) is 18.7 Å². The van der Waals surface area contributed by atoms with E-state index in [1.54, 1.807) is 19.2 Å². The van der Waals surface area contributed by atoms with E-state index in [1.807, 2.05) is 50.1 Å². The number of imidazole rings is 1. The zero-order valence-electron chi connectivity index (χ0n) is 22.5. The molecule has 4 rings (SSSR count). The Morgan fingerprint density at radius 3 is 2.69 bits per heavy atom. The summed E-state index contributed by atoms with van der Waals surface area (Å²) in [5.74, 6) is 5.66. The van der Waals surface area contributed by atoms with E-state index in [-0.39, 0.29) is 34.7 Å². The average Bonchev–Trinajstić information content (AvgIpc) is 3.25. The van der Waals surface area contributed by atoms with Crippen LogP contribution in [0.25, 0.3) is 11.3 Å². The molecular formula is C28H34F4N6S. The lowest BCUT2D eigenvalue weighted by atomic mass is 10.0. The van der Waals surface area contributed by atoms with Crippen molar-refractivity contribution in [1.82, 2.24) is 19.6 Å². The van der Waals surface area contributed by atoms with Gasteiger partial charge in [-0.3, -0.25) is 4.40 Å². The predicted molar refractivity (Wildman–Crippen MR) is 153 cm³/mol. The zero-order valence-corrected chi connectivity index (χ0v) is 23.3. The van der Waals surface area contributed by atoms with E-state index in [9.17, 15) is 17.6 Å². The van der Waals surface area contributed by atoms with Crippen LogP contribution >= 0.6 is 11.8 Å². The number of halogens is 4. The van der Waals surface area contributed by atoms with Gasteiger partial charge in [0.2, 0.25) is 0 Å². The summed E-state index contributed by atoms with van der Waals surface area (Å²) in [7, 11) is 3.64. The van der Waals surface area contributed by atoms with Gasteiger partial charge in [0.1, 0.15) is 16.9 Å². The van der Waals surface area contributed by atoms with Gasteiger partial charge in [-0.2, -0.15) is 13.2 Å². The Morgan fingerprint density at radius 1 is 1.23 bits per heavy atom. The normalized spacial score (nSPS) is 17.4. The van der Waals surface area contributed by atoms with Gasteiger partial charge in [0.25, 0.3) is 0 Å². The molecule has 210 valence electrons. The Bertz CT molecular complexity index is 1330. The third-order valence-corrected chi connectivity index (χ3v) is 6.82. The number of alkyl halides is 4. The molecule has 2 aromatic heterocycles. The van der Waals surface area contributed by atoms with Gasteiger partial charge in [0, 0.05) is 49.5 Å². The van der Waals surface area contributed by atoms with Crippen molar-refractivity contribution >= 4 is 34.5 Å². The number of anilines is 2. The first-order valence-electron chi connectivity index (χ1n) is 12.7. The van der Waals surface area contributed by atoms with Crippen LogP contribution in [-0.4, -0.2) is 65.7 Å². The number of hydrogen-bond donors (Lipinski definition) is 3. The molecule has 0 aliphatic carbocycles. The average molecular weight is 563 g/mol. The molecule has 3 aromatic rings. The molecule has 0 radical (unpaired) electrons. The van der Waals surface area contributed by atoms with Crippen molar-refractivity contribution in [2.75, 3.05) is 44.4 Å². The fraction of sp³-hybridized carbons (Fsp3) is 0.393. The number of piperidine rings is 1. The monoisotopic (exact) mass is 562 g/mol. The first kappa shape index (κ1) is 30.2. The molecule has 6 nitrogen and oxygen atoms in total. The Labute approximate surface area is 231 Å². The van der Waals surface area contributed by atoms with Crippen LogP contribution in [0, 0.1) is 11.8 Å². The molecule has 39 heavy (non-hydrogen) atoms. The molecule has 1 saturated heterocycles. The quantitative estimate of drug-likeness (QED) is 0.184. The molecule has 3 heterocycles. The highest BCUT2D eigenvalue weighted by Crippen LogP contribution is 2.39. The van der Waals surface area contributed by atoms with Gasteiger partial charge in [0.05, 0.1) is 18.3 Å². The Morgan fingerprint density at radius 2 is 2.00 bits per heavy atom. The van der Waals surface area contributed by atoms with Crippen LogP contribution in [0.2, 0.25) is 0 Å². The van der Waals surface area contributed by atoms with E-state index in [1.165, 1.54) is 10.6 Å². The summed E-state index contributed by atoms with van der Waals surface area (Å²) < 4.78 is 56.2. The summed E-state index contributed by atoms with van der Waals surface area (Å²) in [5.41, 5.74) is -1.30. The largest absolute Gasteiger partial charge is 0.447 e. The SMILES string of the molecule is C=C(NC)c1cccc(NCC#Cc2nc3c(NC4CCN(C)CC4F)cccn3c2SC(F)(F)F)c1.CC. The number of thioether (sulfide) groups is 1. The van der Waals surface area contributed by atoms with Crippen LogP contribution < -0.4 is 16.0 Å². The third kappa shape index (κ3) is 8.07. The maximum Gasteiger partial charge on any atom is 0.447 e. The van der Waals surface area contributed by atoms with Crippen LogP contribution in [-0.2, 0) is 0 Å². The van der Waals surface area contributed by atoms with Crippen LogP contribution in [0.1, 0.15) is 31.5 Å². The number of benzene rings is 1. The number of nitrogens with one attached hydrogen (secondary N) is 3. The van der Waals surface area contributed by atoms with Gasteiger partial charge in [-0.25, -0.2) is 9.37 Å². The third-order valence-electron chi connectivity index (χ3n) is 6.00. The van der Waals surface area contributed by atoms with Gasteiger partial charge < -0.3 is 20.9 Å². The fourth-order valence-corrected chi connectivity index (χ4v) is 4.76. The van der Waals surface area contributed by atoms with Crippen molar-refractivity contribution in [3.05, 3.63) is 60.4 Å². The molecule has 11 heteroatoms. The van der Waals surface area contributed by atoms with Crippen molar-refractivity contribution in [2.45, 2.75) is 43.0 Å². The number of fused-ring (bicyclic) bond motifs is 1. The Balaban J connectivity index is 0.00000205. The molecule has 2 unspecified atom stereocenters. The molecule has 3 N–H and O–H groups in total. The van der Waals surface area contributed by atoms with Crippen LogP contribution in [0.5, 0.6) is 0 Å². The predicted octanol–water partition coefficient (Wildman–Crippen LogP) is 6.08. The minimum absolute atomic E-state index is 0.0101. The molecule has 0 amide bonds. The second kappa shape index (κ2) is 13.6. The van der Waals surface area contributed by atoms with Gasteiger partial charge >= 0.3 is 5.51 Å². The molecule has 1 aliphatic heterocycles. The van der Waals surface area contributed by atoms with Crippen LogP contribution in [0.15, 0.2) is 54.2 Å². The second-order valence-corrected chi connectivity index (χ2v) is 9.77. The molecule has 0 bridgehead atoms. The van der Waals surface area contributed by atoms with Gasteiger partial charge in [-0.15, -0.1) is 0 Å². The van der Waals surface area contributed by atoms with Gasteiger partial charge in [-0.05, 0) is 49.2 Å². The number of hydrogen-bond acceptors (Lipinski definition) is 6. The van der Waals surface area contributed by atoms with E-state index < -0.39 is 17.7 Å². The lowest BCUT2D eigenvalue weighted by Crippen LogP contribution is -2.46. The summed E-state index contributed by atoms with van der Waals surface area (Å²) in [6.45, 7) is 9.14. The summed E-state index contributed by atoms with van der Waals surface area (Å²) in [6.07, 6.45) is 0.976. The Hall–Kier alpha value is -3.36. The van der Waals surface area contributed by atoms with Gasteiger partial charge in [0.15, 0.2) is 5.65 Å². The summed E-state index contributed by atoms with van der Waals surface area (Å²) in [5, 5.41) is 9.16. The minimum Gasteiger partial charge on any atom is -0.388 e. The maximum atomic E-state index is 14.6. The highest BCUT2D eigenvalue weighted by atomic mass is 32.2. The first-order valence-corrected chi connectivity index (χ1v) is 13.5. The minimum atomic E-state index is -4.53. The maximum absolute atomic E-state index is 14.6.